The number of likely N-dealkylation sites (tertiary alicyclic amines) is 1. The van der Waals surface area contributed by atoms with Crippen molar-refractivity contribution in [2.75, 3.05) is 19.7 Å². The molecule has 0 unspecified atom stereocenters. The van der Waals surface area contributed by atoms with E-state index in [4.69, 9.17) is 4.74 Å². The number of unbranched alkanes of at least 4 members (excludes halogenated alkanes) is 2. The van der Waals surface area contributed by atoms with Crippen LogP contribution in [0, 0.1) is 5.95 Å². The minimum Gasteiger partial charge on any atom is -0.494 e. The number of ether oxygens (including phenoxy) is 1. The third kappa shape index (κ3) is 7.12. The molecule has 212 valence electrons. The number of rotatable bonds is 11. The number of piperidine rings is 1. The molecule has 1 N–H and O–H groups in total. The maximum atomic E-state index is 14.4. The molecule has 5 nitrogen and oxygen atoms in total. The predicted octanol–water partition coefficient (Wildman–Crippen LogP) is 8.19. The second kappa shape index (κ2) is 13.9. The van der Waals surface area contributed by atoms with Crippen LogP contribution in [0.15, 0.2) is 84.9 Å². The Hall–Kier alpha value is -4.19. The molecule has 1 aliphatic rings. The summed E-state index contributed by atoms with van der Waals surface area (Å²) in [7, 11) is 0. The lowest BCUT2D eigenvalue weighted by atomic mass is 9.88. The lowest BCUT2D eigenvalue weighted by Gasteiger charge is -2.25. The summed E-state index contributed by atoms with van der Waals surface area (Å²) < 4.78 is 20.4. The number of allylic oxidation sites excluding steroid dienone is 2. The van der Waals surface area contributed by atoms with Crippen molar-refractivity contribution in [3.8, 4) is 5.75 Å². The Balaban J connectivity index is 1.25. The number of fused-ring (bicyclic) bond motifs is 1. The topological polar surface area (TPSA) is 58.2 Å². The van der Waals surface area contributed by atoms with E-state index in [2.05, 4.69) is 41.4 Å². The summed E-state index contributed by atoms with van der Waals surface area (Å²) in [5, 5.41) is 6.98. The highest BCUT2D eigenvalue weighted by molar-refractivity contribution is 6.00. The van der Waals surface area contributed by atoms with Gasteiger partial charge < -0.3 is 9.64 Å². The fourth-order valence-electron chi connectivity index (χ4n) is 5.49. The Morgan fingerprint density at radius 1 is 0.951 bits per heavy atom. The van der Waals surface area contributed by atoms with Gasteiger partial charge in [0.15, 0.2) is 0 Å². The van der Waals surface area contributed by atoms with Crippen LogP contribution < -0.4 is 4.74 Å². The molecule has 0 atom stereocenters. The SMILES string of the molecule is CC/C(=C(/c1ccc(OCCCC/C=C/C(=O)N2CCCCC2)cc1)c1ccc2n[nH]c(F)c2c1)c1ccccc1. The average Bonchev–Trinajstić information content (AvgIpc) is 3.40. The zero-order chi connectivity index (χ0) is 28.4. The van der Waals surface area contributed by atoms with Crippen LogP contribution in [-0.4, -0.2) is 40.7 Å². The van der Waals surface area contributed by atoms with Crippen LogP contribution in [0.1, 0.15) is 68.6 Å². The minimum atomic E-state index is -0.424. The minimum absolute atomic E-state index is 0.141. The molecule has 1 aromatic heterocycles. The number of aromatic amines is 1. The fraction of sp³-hybridized carbons (Fsp3) is 0.314. The molecule has 5 rings (SSSR count). The number of carbonyl (C=O) groups excluding carboxylic acids is 1. The van der Waals surface area contributed by atoms with Gasteiger partial charge in [-0.1, -0.05) is 61.5 Å². The number of nitrogens with one attached hydrogen (secondary N) is 1. The molecule has 0 bridgehead atoms. The van der Waals surface area contributed by atoms with Gasteiger partial charge in [0.25, 0.3) is 0 Å². The van der Waals surface area contributed by atoms with Crippen molar-refractivity contribution in [2.45, 2.75) is 51.9 Å². The standard InChI is InChI=1S/C35H38FN3O2/c1-2-30(26-13-7-5-8-14-26)34(28-18-21-32-31(25-28)35(36)38-37-32)27-16-19-29(20-17-27)41-24-12-4-3-9-15-33(40)39-22-10-6-11-23-39/h5,7-9,13-21,25H,2-4,6,10-12,22-24H2,1H3,(H,37,38)/b15-9+,34-30+. The van der Waals surface area contributed by atoms with Crippen LogP contribution in [0.25, 0.3) is 22.0 Å². The molecule has 1 saturated heterocycles. The molecule has 2 heterocycles. The molecule has 1 aliphatic heterocycles. The van der Waals surface area contributed by atoms with Gasteiger partial charge in [-0.05, 0) is 103 Å². The zero-order valence-corrected chi connectivity index (χ0v) is 23.7. The van der Waals surface area contributed by atoms with E-state index in [-0.39, 0.29) is 5.91 Å². The van der Waals surface area contributed by atoms with Crippen molar-refractivity contribution in [1.82, 2.24) is 15.1 Å². The van der Waals surface area contributed by atoms with E-state index in [1.807, 2.05) is 59.5 Å². The molecule has 6 heteroatoms. The molecular formula is C35H38FN3O2. The number of carbonyl (C=O) groups is 1. The highest BCUT2D eigenvalue weighted by Gasteiger charge is 2.16. The van der Waals surface area contributed by atoms with Crippen molar-refractivity contribution in [3.63, 3.8) is 0 Å². The van der Waals surface area contributed by atoms with Gasteiger partial charge in [0.2, 0.25) is 11.9 Å². The highest BCUT2D eigenvalue weighted by atomic mass is 19.1. The molecular weight excluding hydrogens is 513 g/mol. The van der Waals surface area contributed by atoms with Crippen molar-refractivity contribution < 1.29 is 13.9 Å². The quantitative estimate of drug-likeness (QED) is 0.116. The fourth-order valence-corrected chi connectivity index (χ4v) is 5.49. The molecule has 3 aromatic carbocycles. The van der Waals surface area contributed by atoms with E-state index in [0.29, 0.717) is 17.5 Å². The Morgan fingerprint density at radius 3 is 2.46 bits per heavy atom. The third-order valence-corrected chi connectivity index (χ3v) is 7.68. The summed E-state index contributed by atoms with van der Waals surface area (Å²) in [4.78, 5) is 14.2. The lowest BCUT2D eigenvalue weighted by molar-refractivity contribution is -0.126. The molecule has 0 saturated carbocycles. The van der Waals surface area contributed by atoms with E-state index >= 15 is 0 Å². The highest BCUT2D eigenvalue weighted by Crippen LogP contribution is 2.36. The number of benzene rings is 3. The molecule has 41 heavy (non-hydrogen) atoms. The number of H-pyrrole nitrogens is 1. The number of hydrogen-bond acceptors (Lipinski definition) is 3. The number of amides is 1. The zero-order valence-electron chi connectivity index (χ0n) is 23.7. The van der Waals surface area contributed by atoms with E-state index in [1.165, 1.54) is 12.0 Å². The van der Waals surface area contributed by atoms with Gasteiger partial charge in [0.1, 0.15) is 5.75 Å². The second-order valence-electron chi connectivity index (χ2n) is 10.5. The van der Waals surface area contributed by atoms with E-state index in [0.717, 1.165) is 79.6 Å². The Kier molecular flexibility index (Phi) is 9.63. The van der Waals surface area contributed by atoms with Gasteiger partial charge in [-0.3, -0.25) is 9.89 Å². The molecule has 0 radical (unpaired) electrons. The van der Waals surface area contributed by atoms with Gasteiger partial charge in [-0.2, -0.15) is 9.49 Å². The van der Waals surface area contributed by atoms with Crippen molar-refractivity contribution >= 4 is 28.0 Å². The van der Waals surface area contributed by atoms with Crippen LogP contribution >= 0.6 is 0 Å². The first kappa shape index (κ1) is 28.3. The summed E-state index contributed by atoms with van der Waals surface area (Å²) >= 11 is 0. The van der Waals surface area contributed by atoms with E-state index in [1.54, 1.807) is 6.08 Å². The summed E-state index contributed by atoms with van der Waals surface area (Å²) in [6.07, 6.45) is 10.8. The number of nitrogens with zero attached hydrogens (tertiary/aromatic N) is 2. The van der Waals surface area contributed by atoms with Crippen LogP contribution in [-0.2, 0) is 4.79 Å². The van der Waals surface area contributed by atoms with Gasteiger partial charge in [-0.15, -0.1) is 0 Å². The summed E-state index contributed by atoms with van der Waals surface area (Å²) in [6.45, 7) is 4.54. The summed E-state index contributed by atoms with van der Waals surface area (Å²) in [5.74, 6) is 0.535. The second-order valence-corrected chi connectivity index (χ2v) is 10.5. The van der Waals surface area contributed by atoms with Gasteiger partial charge in [0.05, 0.1) is 17.5 Å². The average molecular weight is 552 g/mol. The van der Waals surface area contributed by atoms with Crippen molar-refractivity contribution in [3.05, 3.63) is 108 Å². The molecule has 0 aliphatic carbocycles. The summed E-state index contributed by atoms with van der Waals surface area (Å²) in [6, 6.07) is 24.2. The van der Waals surface area contributed by atoms with Crippen molar-refractivity contribution in [2.24, 2.45) is 0 Å². The first-order valence-electron chi connectivity index (χ1n) is 14.8. The molecule has 0 spiro atoms. The molecule has 1 amide bonds. The number of aromatic nitrogens is 2. The van der Waals surface area contributed by atoms with E-state index < -0.39 is 5.95 Å². The van der Waals surface area contributed by atoms with E-state index in [9.17, 15) is 9.18 Å². The van der Waals surface area contributed by atoms with Gasteiger partial charge in [0, 0.05) is 13.1 Å². The van der Waals surface area contributed by atoms with Gasteiger partial charge >= 0.3 is 0 Å². The first-order chi connectivity index (χ1) is 20.1. The lowest BCUT2D eigenvalue weighted by Crippen LogP contribution is -2.34. The molecule has 1 fully saturated rings. The smallest absolute Gasteiger partial charge is 0.246 e. The third-order valence-electron chi connectivity index (χ3n) is 7.68. The largest absolute Gasteiger partial charge is 0.494 e. The van der Waals surface area contributed by atoms with Crippen LogP contribution in [0.5, 0.6) is 5.75 Å². The normalized spacial score (nSPS) is 14.4. The predicted molar refractivity (Wildman–Crippen MR) is 164 cm³/mol. The Morgan fingerprint density at radius 2 is 1.71 bits per heavy atom. The number of halogens is 1. The first-order valence-corrected chi connectivity index (χ1v) is 14.8. The van der Waals surface area contributed by atoms with Crippen molar-refractivity contribution in [1.29, 1.82) is 0 Å². The van der Waals surface area contributed by atoms with Crippen LogP contribution in [0.2, 0.25) is 0 Å². The molecule has 4 aromatic rings. The Labute approximate surface area is 241 Å². The van der Waals surface area contributed by atoms with Crippen LogP contribution in [0.4, 0.5) is 4.39 Å². The monoisotopic (exact) mass is 551 g/mol. The van der Waals surface area contributed by atoms with Gasteiger partial charge in [-0.25, -0.2) is 0 Å². The maximum absolute atomic E-state index is 14.4. The Bertz CT molecular complexity index is 1500. The van der Waals surface area contributed by atoms with Crippen LogP contribution in [0.3, 0.4) is 0 Å². The maximum Gasteiger partial charge on any atom is 0.246 e. The number of hydrogen-bond donors (Lipinski definition) is 1. The summed E-state index contributed by atoms with van der Waals surface area (Å²) in [5.41, 5.74) is 6.00.